The topological polar surface area (TPSA) is 86.2 Å². The highest BCUT2D eigenvalue weighted by molar-refractivity contribution is 6.01. The van der Waals surface area contributed by atoms with Gasteiger partial charge < -0.3 is 11.5 Å². The van der Waals surface area contributed by atoms with Crippen LogP contribution in [0.25, 0.3) is 0 Å². The molecule has 0 aliphatic rings. The molecule has 0 fully saturated rings. The number of hydrogen-bond donors (Lipinski definition) is 2. The van der Waals surface area contributed by atoms with Crippen molar-refractivity contribution >= 4 is 11.6 Å². The lowest BCUT2D eigenvalue weighted by molar-refractivity contribution is -0.126. The van der Waals surface area contributed by atoms with Gasteiger partial charge in [0.15, 0.2) is 11.6 Å². The van der Waals surface area contributed by atoms with E-state index in [0.29, 0.717) is 0 Å². The minimum Gasteiger partial charge on any atom is -0.324 e. The van der Waals surface area contributed by atoms with E-state index < -0.39 is 6.04 Å². The van der Waals surface area contributed by atoms with Crippen LogP contribution in [0.4, 0.5) is 0 Å². The Labute approximate surface area is 59.6 Å². The molecular formula is C6H12N2O2. The maximum Gasteiger partial charge on any atom is 0.156 e. The number of ketones is 2. The number of hydrogen-bond acceptors (Lipinski definition) is 4. The average Bonchev–Trinajstić information content (AvgIpc) is 1.87. The second kappa shape index (κ2) is 4.14. The van der Waals surface area contributed by atoms with Crippen molar-refractivity contribution < 1.29 is 9.59 Å². The van der Waals surface area contributed by atoms with E-state index >= 15 is 0 Å². The number of nitrogens with two attached hydrogens (primary N) is 2. The van der Waals surface area contributed by atoms with Crippen LogP contribution in [0.3, 0.4) is 0 Å². The summed E-state index contributed by atoms with van der Waals surface area (Å²) in [6, 6.07) is -0.560. The van der Waals surface area contributed by atoms with E-state index in [0.717, 1.165) is 0 Å². The maximum absolute atomic E-state index is 10.7. The van der Waals surface area contributed by atoms with Gasteiger partial charge in [-0.2, -0.15) is 0 Å². The molecule has 0 aliphatic carbocycles. The number of Topliss-reactive ketones (excluding diaryl/α,β-unsaturated/α-hetero) is 2. The van der Waals surface area contributed by atoms with Gasteiger partial charge in [-0.25, -0.2) is 0 Å². The summed E-state index contributed by atoms with van der Waals surface area (Å²) in [5.41, 5.74) is 10.2. The molecule has 4 heteroatoms. The number of carbonyl (C=O) groups excluding carboxylic acids is 2. The molecule has 1 atom stereocenters. The number of rotatable bonds is 4. The van der Waals surface area contributed by atoms with E-state index in [1.165, 1.54) is 0 Å². The molecule has 0 unspecified atom stereocenters. The fourth-order valence-electron chi connectivity index (χ4n) is 0.427. The first kappa shape index (κ1) is 9.26. The summed E-state index contributed by atoms with van der Waals surface area (Å²) in [4.78, 5) is 21.2. The predicted molar refractivity (Wildman–Crippen MR) is 37.3 cm³/mol. The Bertz CT molecular complexity index is 143. The van der Waals surface area contributed by atoms with Crippen LogP contribution < -0.4 is 11.5 Å². The third-order valence-electron chi connectivity index (χ3n) is 1.11. The largest absolute Gasteiger partial charge is 0.324 e. The summed E-state index contributed by atoms with van der Waals surface area (Å²) < 4.78 is 0. The summed E-state index contributed by atoms with van der Waals surface area (Å²) in [5, 5.41) is 0. The molecule has 0 aromatic rings. The van der Waals surface area contributed by atoms with Crippen LogP contribution >= 0.6 is 0 Å². The summed E-state index contributed by atoms with van der Waals surface area (Å²) in [7, 11) is 0. The Kier molecular flexibility index (Phi) is 3.83. The quantitative estimate of drug-likeness (QED) is 0.486. The van der Waals surface area contributed by atoms with Gasteiger partial charge in [0.2, 0.25) is 0 Å². The number of carbonyl (C=O) groups is 2. The van der Waals surface area contributed by atoms with Crippen LogP contribution in [0.15, 0.2) is 0 Å². The van der Waals surface area contributed by atoms with Crippen molar-refractivity contribution in [3.63, 3.8) is 0 Å². The Morgan fingerprint density at radius 3 is 2.30 bits per heavy atom. The van der Waals surface area contributed by atoms with E-state index in [4.69, 9.17) is 11.5 Å². The molecule has 10 heavy (non-hydrogen) atoms. The smallest absolute Gasteiger partial charge is 0.156 e. The SMILES string of the molecule is C[C@H](N)C(=O)CC(=O)CN. The summed E-state index contributed by atoms with van der Waals surface area (Å²) >= 11 is 0. The third-order valence-corrected chi connectivity index (χ3v) is 1.11. The van der Waals surface area contributed by atoms with Crippen molar-refractivity contribution in [1.29, 1.82) is 0 Å². The Balaban J connectivity index is 3.69. The van der Waals surface area contributed by atoms with Gasteiger partial charge in [0.05, 0.1) is 19.0 Å². The molecule has 0 radical (unpaired) electrons. The van der Waals surface area contributed by atoms with E-state index in [9.17, 15) is 9.59 Å². The van der Waals surface area contributed by atoms with Crippen molar-refractivity contribution in [3.05, 3.63) is 0 Å². The van der Waals surface area contributed by atoms with Gasteiger partial charge in [-0.15, -0.1) is 0 Å². The summed E-state index contributed by atoms with van der Waals surface area (Å²) in [6.07, 6.45) is -0.131. The Morgan fingerprint density at radius 2 is 2.00 bits per heavy atom. The molecule has 58 valence electrons. The monoisotopic (exact) mass is 144 g/mol. The molecule has 4 N–H and O–H groups in total. The molecule has 4 nitrogen and oxygen atoms in total. The second-order valence-corrected chi connectivity index (χ2v) is 2.17. The highest BCUT2D eigenvalue weighted by Gasteiger charge is 2.11. The molecule has 0 bridgehead atoms. The molecule has 0 spiro atoms. The van der Waals surface area contributed by atoms with Gasteiger partial charge in [0, 0.05) is 0 Å². The molecule has 0 aromatic heterocycles. The van der Waals surface area contributed by atoms with Crippen LogP contribution in [0, 0.1) is 0 Å². The van der Waals surface area contributed by atoms with E-state index in [-0.39, 0.29) is 24.5 Å². The molecule has 0 rings (SSSR count). The Morgan fingerprint density at radius 1 is 1.50 bits per heavy atom. The lowest BCUT2D eigenvalue weighted by Crippen LogP contribution is -2.30. The normalized spacial score (nSPS) is 12.7. The van der Waals surface area contributed by atoms with Crippen LogP contribution in [0.5, 0.6) is 0 Å². The van der Waals surface area contributed by atoms with Gasteiger partial charge in [0.1, 0.15) is 0 Å². The first-order valence-corrected chi connectivity index (χ1v) is 3.08. The lowest BCUT2D eigenvalue weighted by atomic mass is 10.1. The summed E-state index contributed by atoms with van der Waals surface area (Å²) in [6.45, 7) is 1.46. The molecule has 0 aliphatic heterocycles. The minimum atomic E-state index is -0.560. The first-order valence-electron chi connectivity index (χ1n) is 3.08. The van der Waals surface area contributed by atoms with E-state index in [1.54, 1.807) is 6.92 Å². The van der Waals surface area contributed by atoms with Crippen molar-refractivity contribution in [1.82, 2.24) is 0 Å². The standard InChI is InChI=1S/C6H12N2O2/c1-4(8)6(10)2-5(9)3-7/h4H,2-3,7-8H2,1H3/t4-/m0/s1. The minimum absolute atomic E-state index is 0.0849. The molecular weight excluding hydrogens is 132 g/mol. The lowest BCUT2D eigenvalue weighted by Gasteiger charge is -2.00. The Hall–Kier alpha value is -0.740. The zero-order chi connectivity index (χ0) is 8.15. The molecule has 0 saturated carbocycles. The summed E-state index contributed by atoms with van der Waals surface area (Å²) in [5.74, 6) is -0.516. The van der Waals surface area contributed by atoms with Crippen molar-refractivity contribution in [2.24, 2.45) is 11.5 Å². The van der Waals surface area contributed by atoms with Crippen molar-refractivity contribution in [2.75, 3.05) is 6.54 Å². The van der Waals surface area contributed by atoms with Crippen LogP contribution in [-0.4, -0.2) is 24.2 Å². The van der Waals surface area contributed by atoms with Crippen LogP contribution in [0.1, 0.15) is 13.3 Å². The highest BCUT2D eigenvalue weighted by Crippen LogP contribution is 1.87. The van der Waals surface area contributed by atoms with Gasteiger partial charge in [-0.1, -0.05) is 0 Å². The van der Waals surface area contributed by atoms with Crippen molar-refractivity contribution in [2.45, 2.75) is 19.4 Å². The molecule has 0 saturated heterocycles. The van der Waals surface area contributed by atoms with Crippen molar-refractivity contribution in [3.8, 4) is 0 Å². The maximum atomic E-state index is 10.7. The van der Waals surface area contributed by atoms with Crippen LogP contribution in [0.2, 0.25) is 0 Å². The zero-order valence-electron chi connectivity index (χ0n) is 5.96. The fraction of sp³-hybridized carbons (Fsp3) is 0.667. The first-order chi connectivity index (χ1) is 4.57. The van der Waals surface area contributed by atoms with E-state index in [1.807, 2.05) is 0 Å². The molecule has 0 heterocycles. The predicted octanol–water partition coefficient (Wildman–Crippen LogP) is -1.18. The zero-order valence-corrected chi connectivity index (χ0v) is 5.96. The van der Waals surface area contributed by atoms with Gasteiger partial charge in [-0.05, 0) is 6.92 Å². The van der Waals surface area contributed by atoms with Crippen LogP contribution in [-0.2, 0) is 9.59 Å². The van der Waals surface area contributed by atoms with Gasteiger partial charge in [0.25, 0.3) is 0 Å². The molecule has 0 amide bonds. The van der Waals surface area contributed by atoms with Gasteiger partial charge in [-0.3, -0.25) is 9.59 Å². The van der Waals surface area contributed by atoms with E-state index in [2.05, 4.69) is 0 Å². The average molecular weight is 144 g/mol. The third kappa shape index (κ3) is 3.32. The highest BCUT2D eigenvalue weighted by atomic mass is 16.1. The fourth-order valence-corrected chi connectivity index (χ4v) is 0.427. The second-order valence-electron chi connectivity index (χ2n) is 2.17. The molecule has 0 aromatic carbocycles. The van der Waals surface area contributed by atoms with Gasteiger partial charge >= 0.3 is 0 Å².